The fourth-order valence-electron chi connectivity index (χ4n) is 4.82. The van der Waals surface area contributed by atoms with Crippen molar-refractivity contribution >= 4 is 0 Å². The Bertz CT molecular complexity index is 1040. The third kappa shape index (κ3) is 4.13. The molecule has 3 aromatic carbocycles. The van der Waals surface area contributed by atoms with E-state index in [-0.39, 0.29) is 6.61 Å². The molecule has 0 spiro atoms. The van der Waals surface area contributed by atoms with E-state index >= 15 is 0 Å². The summed E-state index contributed by atoms with van der Waals surface area (Å²) >= 11 is 0. The van der Waals surface area contributed by atoms with Gasteiger partial charge in [-0.15, -0.1) is 0 Å². The second-order valence-corrected chi connectivity index (χ2v) is 9.09. The molecule has 2 fully saturated rings. The molecule has 0 bridgehead atoms. The van der Waals surface area contributed by atoms with Gasteiger partial charge in [0, 0.05) is 0 Å². The van der Waals surface area contributed by atoms with Crippen LogP contribution in [0.1, 0.15) is 30.5 Å². The van der Waals surface area contributed by atoms with Crippen molar-refractivity contribution < 1.29 is 28.8 Å². The average Bonchev–Trinajstić information content (AvgIpc) is 3.32. The molecular weight excluding hydrogens is 432 g/mol. The number of benzene rings is 3. The molecule has 0 aromatic heterocycles. The molecule has 2 heterocycles. The van der Waals surface area contributed by atoms with E-state index in [0.717, 1.165) is 22.4 Å². The molecular formula is C28H30O6. The standard InChI is InChI=1S/C28H30O6/c1-27(2)33-25-24(29)23(32-26(25)34-27)18-31-28(19-10-6-4-7-11-19,20-12-8-5-9-13-20)21-14-16-22(30-3)17-15-21/h4-17,23-26,29H,18H2,1-3H3/t23-,24+,25-,26-/m1/s1. The van der Waals surface area contributed by atoms with Gasteiger partial charge in [0.05, 0.1) is 13.7 Å². The first-order valence-corrected chi connectivity index (χ1v) is 11.5. The Balaban J connectivity index is 1.53. The molecule has 2 aliphatic heterocycles. The number of rotatable bonds is 7. The van der Waals surface area contributed by atoms with Gasteiger partial charge in [-0.2, -0.15) is 0 Å². The number of hydrogen-bond acceptors (Lipinski definition) is 6. The van der Waals surface area contributed by atoms with Crippen LogP contribution in [-0.4, -0.2) is 49.2 Å². The highest BCUT2D eigenvalue weighted by Gasteiger charge is 2.55. The van der Waals surface area contributed by atoms with Gasteiger partial charge < -0.3 is 28.8 Å². The Morgan fingerprint density at radius 3 is 1.91 bits per heavy atom. The van der Waals surface area contributed by atoms with Crippen molar-refractivity contribution in [2.45, 2.75) is 49.8 Å². The summed E-state index contributed by atoms with van der Waals surface area (Å²) in [4.78, 5) is 0. The summed E-state index contributed by atoms with van der Waals surface area (Å²) in [6.07, 6.45) is -2.64. The third-order valence-electron chi connectivity index (χ3n) is 6.44. The normalized spacial score (nSPS) is 25.8. The van der Waals surface area contributed by atoms with Crippen molar-refractivity contribution in [3.8, 4) is 5.75 Å². The van der Waals surface area contributed by atoms with Crippen molar-refractivity contribution in [3.63, 3.8) is 0 Å². The van der Waals surface area contributed by atoms with Crippen LogP contribution in [0.25, 0.3) is 0 Å². The van der Waals surface area contributed by atoms with Crippen LogP contribution in [0, 0.1) is 0 Å². The SMILES string of the molecule is COc1ccc(C(OC[C@H]2O[C@@H]3OC(C)(C)O[C@@H]3[C@H]2O)(c2ccccc2)c2ccccc2)cc1. The minimum absolute atomic E-state index is 0.136. The van der Waals surface area contributed by atoms with Gasteiger partial charge in [0.25, 0.3) is 0 Å². The Hall–Kier alpha value is -2.74. The van der Waals surface area contributed by atoms with E-state index in [0.29, 0.717) is 0 Å². The highest BCUT2D eigenvalue weighted by molar-refractivity contribution is 5.48. The monoisotopic (exact) mass is 462 g/mol. The first kappa shape index (κ1) is 23.0. The minimum atomic E-state index is -0.934. The summed E-state index contributed by atoms with van der Waals surface area (Å²) in [5.74, 6) is -0.0265. The van der Waals surface area contributed by atoms with Crippen LogP contribution >= 0.6 is 0 Å². The zero-order chi connectivity index (χ0) is 23.8. The molecule has 0 aliphatic carbocycles. The van der Waals surface area contributed by atoms with Crippen molar-refractivity contribution in [3.05, 3.63) is 102 Å². The van der Waals surface area contributed by atoms with Crippen LogP contribution in [-0.2, 0) is 24.5 Å². The Kier molecular flexibility index (Phi) is 6.18. The van der Waals surface area contributed by atoms with E-state index in [1.807, 2.05) is 98.8 Å². The maximum absolute atomic E-state index is 10.9. The van der Waals surface area contributed by atoms with Gasteiger partial charge in [-0.1, -0.05) is 72.8 Å². The fraction of sp³-hybridized carbons (Fsp3) is 0.357. The maximum Gasteiger partial charge on any atom is 0.190 e. The zero-order valence-corrected chi connectivity index (χ0v) is 19.6. The lowest BCUT2D eigenvalue weighted by Gasteiger charge is -2.37. The molecule has 0 saturated carbocycles. The number of methoxy groups -OCH3 is 1. The van der Waals surface area contributed by atoms with Gasteiger partial charge in [-0.25, -0.2) is 0 Å². The zero-order valence-electron chi connectivity index (χ0n) is 19.6. The summed E-state index contributed by atoms with van der Waals surface area (Å²) in [5.41, 5.74) is 1.93. The third-order valence-corrected chi connectivity index (χ3v) is 6.44. The molecule has 3 aromatic rings. The molecule has 4 atom stereocenters. The highest BCUT2D eigenvalue weighted by atomic mass is 16.8. The lowest BCUT2D eigenvalue weighted by atomic mass is 9.80. The highest BCUT2D eigenvalue weighted by Crippen LogP contribution is 2.43. The number of ether oxygens (including phenoxy) is 5. The molecule has 178 valence electrons. The molecule has 0 radical (unpaired) electrons. The van der Waals surface area contributed by atoms with Crippen LogP contribution < -0.4 is 4.74 Å². The smallest absolute Gasteiger partial charge is 0.190 e. The molecule has 2 aliphatic rings. The number of fused-ring (bicyclic) bond motifs is 1. The predicted octanol–water partition coefficient (Wildman–Crippen LogP) is 4.24. The molecule has 2 saturated heterocycles. The summed E-state index contributed by atoms with van der Waals surface area (Å²) in [7, 11) is 1.65. The van der Waals surface area contributed by atoms with E-state index in [4.69, 9.17) is 23.7 Å². The lowest BCUT2D eigenvalue weighted by Crippen LogP contribution is -2.40. The molecule has 6 heteroatoms. The van der Waals surface area contributed by atoms with E-state index < -0.39 is 36.0 Å². The van der Waals surface area contributed by atoms with Crippen molar-refractivity contribution in [1.82, 2.24) is 0 Å². The number of hydrogen-bond donors (Lipinski definition) is 1. The van der Waals surface area contributed by atoms with Crippen LogP contribution in [0.4, 0.5) is 0 Å². The summed E-state index contributed by atoms with van der Waals surface area (Å²) in [6, 6.07) is 28.0. The largest absolute Gasteiger partial charge is 0.497 e. The fourth-order valence-corrected chi connectivity index (χ4v) is 4.82. The van der Waals surface area contributed by atoms with Gasteiger partial charge in [0.2, 0.25) is 0 Å². The topological polar surface area (TPSA) is 66.4 Å². The Morgan fingerprint density at radius 2 is 1.38 bits per heavy atom. The molecule has 34 heavy (non-hydrogen) atoms. The lowest BCUT2D eigenvalue weighted by molar-refractivity contribution is -0.223. The average molecular weight is 463 g/mol. The molecule has 1 N–H and O–H groups in total. The van der Waals surface area contributed by atoms with E-state index in [2.05, 4.69) is 0 Å². The van der Waals surface area contributed by atoms with E-state index in [9.17, 15) is 5.11 Å². The Labute approximate surface area is 200 Å². The quantitative estimate of drug-likeness (QED) is 0.530. The molecule has 0 unspecified atom stereocenters. The van der Waals surface area contributed by atoms with Crippen LogP contribution in [0.3, 0.4) is 0 Å². The van der Waals surface area contributed by atoms with Crippen LogP contribution in [0.15, 0.2) is 84.9 Å². The van der Waals surface area contributed by atoms with E-state index in [1.54, 1.807) is 7.11 Å². The Morgan fingerprint density at radius 1 is 0.824 bits per heavy atom. The number of aliphatic hydroxyl groups excluding tert-OH is 1. The van der Waals surface area contributed by atoms with Crippen LogP contribution in [0.2, 0.25) is 0 Å². The van der Waals surface area contributed by atoms with Gasteiger partial charge in [-0.05, 0) is 42.7 Å². The number of aliphatic hydroxyl groups is 1. The van der Waals surface area contributed by atoms with Crippen LogP contribution in [0.5, 0.6) is 5.75 Å². The summed E-state index contributed by atoms with van der Waals surface area (Å²) in [5, 5.41) is 10.9. The van der Waals surface area contributed by atoms with Crippen molar-refractivity contribution in [2.24, 2.45) is 0 Å². The predicted molar refractivity (Wildman–Crippen MR) is 126 cm³/mol. The minimum Gasteiger partial charge on any atom is -0.497 e. The van der Waals surface area contributed by atoms with Crippen molar-refractivity contribution in [1.29, 1.82) is 0 Å². The van der Waals surface area contributed by atoms with E-state index in [1.165, 1.54) is 0 Å². The maximum atomic E-state index is 10.9. The van der Waals surface area contributed by atoms with Gasteiger partial charge >= 0.3 is 0 Å². The first-order chi connectivity index (χ1) is 16.4. The first-order valence-electron chi connectivity index (χ1n) is 11.5. The second kappa shape index (κ2) is 9.13. The molecule has 5 rings (SSSR count). The van der Waals surface area contributed by atoms with Crippen molar-refractivity contribution in [2.75, 3.05) is 13.7 Å². The van der Waals surface area contributed by atoms with Gasteiger partial charge in [0.1, 0.15) is 29.7 Å². The van der Waals surface area contributed by atoms with Gasteiger partial charge in [-0.3, -0.25) is 0 Å². The molecule has 0 amide bonds. The van der Waals surface area contributed by atoms with Gasteiger partial charge in [0.15, 0.2) is 12.1 Å². The summed E-state index contributed by atoms with van der Waals surface area (Å²) < 4.78 is 29.9. The second-order valence-electron chi connectivity index (χ2n) is 9.09. The molecule has 6 nitrogen and oxygen atoms in total. The summed E-state index contributed by atoms with van der Waals surface area (Å²) in [6.45, 7) is 3.76.